The van der Waals surface area contributed by atoms with Crippen LogP contribution in [-0.4, -0.2) is 0 Å². The topological polar surface area (TPSA) is 61.3 Å². The highest BCUT2D eigenvalue weighted by molar-refractivity contribution is 5.65. The van der Waals surface area contributed by atoms with Crippen LogP contribution in [0.15, 0.2) is 36.4 Å². The molecule has 1 aliphatic rings. The van der Waals surface area contributed by atoms with Crippen LogP contribution < -0.4 is 16.2 Å². The number of rotatable bonds is 2. The van der Waals surface area contributed by atoms with Gasteiger partial charge in [-0.2, -0.15) is 0 Å². The summed E-state index contributed by atoms with van der Waals surface area (Å²) in [6.45, 7) is 0. The van der Waals surface area contributed by atoms with E-state index in [9.17, 15) is 0 Å². The summed E-state index contributed by atoms with van der Waals surface area (Å²) < 4.78 is 5.80. The van der Waals surface area contributed by atoms with Crippen molar-refractivity contribution < 1.29 is 4.74 Å². The van der Waals surface area contributed by atoms with Crippen LogP contribution in [0.2, 0.25) is 0 Å². The molecular formula is C15H16N2O. The lowest BCUT2D eigenvalue weighted by molar-refractivity contribution is 0.482. The summed E-state index contributed by atoms with van der Waals surface area (Å²) in [6, 6.07) is 11.6. The van der Waals surface area contributed by atoms with E-state index in [1.165, 1.54) is 24.0 Å². The second-order valence-electron chi connectivity index (χ2n) is 4.68. The molecule has 0 amide bonds. The molecule has 0 aliphatic heterocycles. The van der Waals surface area contributed by atoms with Gasteiger partial charge in [0.2, 0.25) is 0 Å². The van der Waals surface area contributed by atoms with Gasteiger partial charge in [-0.3, -0.25) is 0 Å². The quantitative estimate of drug-likeness (QED) is 0.793. The van der Waals surface area contributed by atoms with Gasteiger partial charge in [0.1, 0.15) is 11.5 Å². The van der Waals surface area contributed by atoms with Gasteiger partial charge in [0.05, 0.1) is 11.4 Å². The third-order valence-corrected chi connectivity index (χ3v) is 3.36. The predicted molar refractivity (Wildman–Crippen MR) is 73.8 cm³/mol. The highest BCUT2D eigenvalue weighted by atomic mass is 16.5. The highest BCUT2D eigenvalue weighted by Gasteiger charge is 2.11. The summed E-state index contributed by atoms with van der Waals surface area (Å²) in [5.74, 6) is 1.58. The second-order valence-corrected chi connectivity index (χ2v) is 4.68. The van der Waals surface area contributed by atoms with Crippen molar-refractivity contribution >= 4 is 11.4 Å². The van der Waals surface area contributed by atoms with Gasteiger partial charge >= 0.3 is 0 Å². The second kappa shape index (κ2) is 4.26. The minimum absolute atomic E-state index is 0.550. The Balaban J connectivity index is 1.85. The lowest BCUT2D eigenvalue weighted by atomic mass is 10.1. The molecule has 0 saturated carbocycles. The minimum Gasteiger partial charge on any atom is -0.457 e. The molecule has 0 radical (unpaired) electrons. The van der Waals surface area contributed by atoms with Crippen molar-refractivity contribution in [2.75, 3.05) is 11.5 Å². The van der Waals surface area contributed by atoms with E-state index in [0.717, 1.165) is 17.9 Å². The number of anilines is 2. The van der Waals surface area contributed by atoms with E-state index >= 15 is 0 Å². The maximum atomic E-state index is 5.80. The molecule has 92 valence electrons. The van der Waals surface area contributed by atoms with E-state index < -0.39 is 0 Å². The first-order valence-corrected chi connectivity index (χ1v) is 6.17. The normalized spacial score (nSPS) is 13.3. The minimum atomic E-state index is 0.550. The number of benzene rings is 2. The first kappa shape index (κ1) is 11.0. The SMILES string of the molecule is Nc1ccc(Oc2ccc3c(c2)CCC3)cc1N. The van der Waals surface area contributed by atoms with Crippen molar-refractivity contribution in [1.82, 2.24) is 0 Å². The smallest absolute Gasteiger partial charge is 0.129 e. The number of hydrogen-bond donors (Lipinski definition) is 2. The zero-order valence-electron chi connectivity index (χ0n) is 10.1. The molecule has 0 bridgehead atoms. The lowest BCUT2D eigenvalue weighted by Crippen LogP contribution is -1.95. The van der Waals surface area contributed by atoms with E-state index in [1.54, 1.807) is 12.1 Å². The van der Waals surface area contributed by atoms with Crippen molar-refractivity contribution in [2.45, 2.75) is 19.3 Å². The Morgan fingerprint density at radius 1 is 0.778 bits per heavy atom. The zero-order valence-corrected chi connectivity index (χ0v) is 10.1. The largest absolute Gasteiger partial charge is 0.457 e. The number of fused-ring (bicyclic) bond motifs is 1. The van der Waals surface area contributed by atoms with Crippen molar-refractivity contribution in [3.05, 3.63) is 47.5 Å². The standard InChI is InChI=1S/C15H16N2O/c16-14-7-6-13(9-15(14)17)18-12-5-4-10-2-1-3-11(10)8-12/h4-9H,1-3,16-17H2. The fourth-order valence-electron chi connectivity index (χ4n) is 2.36. The van der Waals surface area contributed by atoms with Crippen LogP contribution in [0.3, 0.4) is 0 Å². The maximum Gasteiger partial charge on any atom is 0.129 e. The number of hydrogen-bond acceptors (Lipinski definition) is 3. The summed E-state index contributed by atoms with van der Waals surface area (Å²) in [5, 5.41) is 0. The molecule has 0 aromatic heterocycles. The molecule has 1 aliphatic carbocycles. The maximum absolute atomic E-state index is 5.80. The van der Waals surface area contributed by atoms with E-state index in [4.69, 9.17) is 16.2 Å². The Labute approximate surface area is 106 Å². The molecule has 0 atom stereocenters. The van der Waals surface area contributed by atoms with Gasteiger partial charge in [0, 0.05) is 6.07 Å². The molecule has 0 spiro atoms. The van der Waals surface area contributed by atoms with Gasteiger partial charge in [-0.25, -0.2) is 0 Å². The number of nitrogens with two attached hydrogens (primary N) is 2. The van der Waals surface area contributed by atoms with Crippen LogP contribution in [0, 0.1) is 0 Å². The van der Waals surface area contributed by atoms with Crippen LogP contribution in [0.4, 0.5) is 11.4 Å². The summed E-state index contributed by atoms with van der Waals surface area (Å²) in [7, 11) is 0. The van der Waals surface area contributed by atoms with Gasteiger partial charge in [0.25, 0.3) is 0 Å². The van der Waals surface area contributed by atoms with E-state index in [2.05, 4.69) is 12.1 Å². The van der Waals surface area contributed by atoms with E-state index in [1.807, 2.05) is 12.1 Å². The molecule has 3 rings (SSSR count). The number of ether oxygens (including phenoxy) is 1. The Kier molecular flexibility index (Phi) is 2.59. The Morgan fingerprint density at radius 2 is 1.50 bits per heavy atom. The lowest BCUT2D eigenvalue weighted by Gasteiger charge is -2.09. The Hall–Kier alpha value is -2.16. The molecule has 0 heterocycles. The van der Waals surface area contributed by atoms with Gasteiger partial charge in [-0.05, 0) is 54.7 Å². The molecule has 0 fully saturated rings. The van der Waals surface area contributed by atoms with E-state index in [-0.39, 0.29) is 0 Å². The average Bonchev–Trinajstić information content (AvgIpc) is 2.81. The van der Waals surface area contributed by atoms with Gasteiger partial charge in [-0.1, -0.05) is 6.07 Å². The van der Waals surface area contributed by atoms with Gasteiger partial charge in [0.15, 0.2) is 0 Å². The number of nitrogen functional groups attached to an aromatic ring is 2. The molecule has 2 aromatic carbocycles. The highest BCUT2D eigenvalue weighted by Crippen LogP contribution is 2.30. The predicted octanol–water partition coefficient (Wildman–Crippen LogP) is 3.13. The Morgan fingerprint density at radius 3 is 2.33 bits per heavy atom. The number of aryl methyl sites for hydroxylation is 2. The summed E-state index contributed by atoms with van der Waals surface area (Å²) in [5.41, 5.74) is 15.4. The van der Waals surface area contributed by atoms with Crippen molar-refractivity contribution in [3.8, 4) is 11.5 Å². The van der Waals surface area contributed by atoms with Crippen LogP contribution >= 0.6 is 0 Å². The molecule has 0 unspecified atom stereocenters. The van der Waals surface area contributed by atoms with Crippen molar-refractivity contribution in [1.29, 1.82) is 0 Å². The molecule has 3 heteroatoms. The molecule has 4 N–H and O–H groups in total. The first-order valence-electron chi connectivity index (χ1n) is 6.17. The monoisotopic (exact) mass is 240 g/mol. The molecular weight excluding hydrogens is 224 g/mol. The van der Waals surface area contributed by atoms with Crippen LogP contribution in [-0.2, 0) is 12.8 Å². The van der Waals surface area contributed by atoms with Crippen molar-refractivity contribution in [3.63, 3.8) is 0 Å². The van der Waals surface area contributed by atoms with E-state index in [0.29, 0.717) is 11.4 Å². The molecule has 3 nitrogen and oxygen atoms in total. The zero-order chi connectivity index (χ0) is 12.5. The third-order valence-electron chi connectivity index (χ3n) is 3.36. The van der Waals surface area contributed by atoms with Gasteiger partial charge < -0.3 is 16.2 Å². The van der Waals surface area contributed by atoms with Crippen LogP contribution in [0.25, 0.3) is 0 Å². The van der Waals surface area contributed by atoms with Crippen LogP contribution in [0.1, 0.15) is 17.5 Å². The fourth-order valence-corrected chi connectivity index (χ4v) is 2.36. The first-order chi connectivity index (χ1) is 8.72. The molecule has 0 saturated heterocycles. The average molecular weight is 240 g/mol. The molecule has 2 aromatic rings. The Bertz CT molecular complexity index is 593. The van der Waals surface area contributed by atoms with Crippen molar-refractivity contribution in [2.24, 2.45) is 0 Å². The fraction of sp³-hybridized carbons (Fsp3) is 0.200. The summed E-state index contributed by atoms with van der Waals surface area (Å²) in [6.07, 6.45) is 3.58. The summed E-state index contributed by atoms with van der Waals surface area (Å²) >= 11 is 0. The van der Waals surface area contributed by atoms with Gasteiger partial charge in [-0.15, -0.1) is 0 Å². The summed E-state index contributed by atoms with van der Waals surface area (Å²) in [4.78, 5) is 0. The molecule has 18 heavy (non-hydrogen) atoms. The van der Waals surface area contributed by atoms with Crippen LogP contribution in [0.5, 0.6) is 11.5 Å². The third kappa shape index (κ3) is 1.99.